The molecule has 0 amide bonds. The predicted molar refractivity (Wildman–Crippen MR) is 216 cm³/mol. The molecular formula is C50H31N3O. The first-order valence-electron chi connectivity index (χ1n) is 18.3. The van der Waals surface area contributed by atoms with E-state index >= 15 is 0 Å². The van der Waals surface area contributed by atoms with Gasteiger partial charge in [0, 0.05) is 27.8 Å². The van der Waals surface area contributed by atoms with Gasteiger partial charge in [0.1, 0.15) is 11.5 Å². The van der Waals surface area contributed by atoms with Crippen LogP contribution in [-0.4, -0.2) is 15.0 Å². The molecule has 252 valence electrons. The molecule has 1 aromatic heterocycles. The van der Waals surface area contributed by atoms with Crippen LogP contribution >= 0.6 is 0 Å². The third kappa shape index (κ3) is 4.47. The summed E-state index contributed by atoms with van der Waals surface area (Å²) in [6, 6.07) is 66.0. The van der Waals surface area contributed by atoms with E-state index in [0.717, 1.165) is 61.2 Å². The van der Waals surface area contributed by atoms with Gasteiger partial charge in [0.05, 0.1) is 5.41 Å². The SMILES string of the molecule is c1ccc(-c2nc(-c3ccccc3)nc(-c3c(-c4ccc5c(c4)Oc4ccccc4C54c5ccccc5-c5ccccc54)ccc4ccccc34)n2)cc1. The summed E-state index contributed by atoms with van der Waals surface area (Å²) in [7, 11) is 0. The molecule has 1 spiro atoms. The van der Waals surface area contributed by atoms with Crippen LogP contribution < -0.4 is 4.74 Å². The molecule has 2 heterocycles. The Morgan fingerprint density at radius 1 is 0.352 bits per heavy atom. The van der Waals surface area contributed by atoms with Crippen LogP contribution in [0.5, 0.6) is 11.5 Å². The molecule has 0 unspecified atom stereocenters. The molecule has 1 aliphatic carbocycles. The van der Waals surface area contributed by atoms with E-state index in [0.29, 0.717) is 17.5 Å². The summed E-state index contributed by atoms with van der Waals surface area (Å²) in [6.07, 6.45) is 0. The van der Waals surface area contributed by atoms with Crippen molar-refractivity contribution < 1.29 is 4.74 Å². The fourth-order valence-corrected chi connectivity index (χ4v) is 8.70. The van der Waals surface area contributed by atoms with Crippen LogP contribution in [0.1, 0.15) is 22.3 Å². The lowest BCUT2D eigenvalue weighted by atomic mass is 9.66. The van der Waals surface area contributed by atoms with E-state index in [1.807, 2.05) is 60.7 Å². The number of hydrogen-bond acceptors (Lipinski definition) is 4. The Hall–Kier alpha value is -7.17. The van der Waals surface area contributed by atoms with E-state index in [-0.39, 0.29) is 0 Å². The monoisotopic (exact) mass is 689 g/mol. The molecule has 0 saturated carbocycles. The van der Waals surface area contributed by atoms with Crippen molar-refractivity contribution in [2.75, 3.05) is 0 Å². The Morgan fingerprint density at radius 2 is 0.889 bits per heavy atom. The Kier molecular flexibility index (Phi) is 6.73. The molecule has 0 fully saturated rings. The van der Waals surface area contributed by atoms with Crippen molar-refractivity contribution in [2.24, 2.45) is 0 Å². The van der Waals surface area contributed by atoms with Gasteiger partial charge in [0.15, 0.2) is 17.5 Å². The van der Waals surface area contributed by atoms with E-state index in [2.05, 4.69) is 127 Å². The minimum atomic E-state index is -0.522. The third-order valence-corrected chi connectivity index (χ3v) is 11.0. The van der Waals surface area contributed by atoms with Gasteiger partial charge in [-0.15, -0.1) is 0 Å². The van der Waals surface area contributed by atoms with Crippen molar-refractivity contribution in [1.82, 2.24) is 15.0 Å². The smallest absolute Gasteiger partial charge is 0.165 e. The summed E-state index contributed by atoms with van der Waals surface area (Å²) >= 11 is 0. The van der Waals surface area contributed by atoms with Gasteiger partial charge < -0.3 is 4.74 Å². The van der Waals surface area contributed by atoms with E-state index in [1.54, 1.807) is 0 Å². The fraction of sp³-hybridized carbons (Fsp3) is 0.0200. The maximum absolute atomic E-state index is 6.90. The summed E-state index contributed by atoms with van der Waals surface area (Å²) in [5.41, 5.74) is 11.7. The largest absolute Gasteiger partial charge is 0.457 e. The quantitative estimate of drug-likeness (QED) is 0.185. The van der Waals surface area contributed by atoms with Gasteiger partial charge in [-0.3, -0.25) is 0 Å². The second-order valence-electron chi connectivity index (χ2n) is 13.9. The summed E-state index contributed by atoms with van der Waals surface area (Å²) < 4.78 is 6.90. The molecule has 1 aliphatic heterocycles. The lowest BCUT2D eigenvalue weighted by molar-refractivity contribution is 0.436. The van der Waals surface area contributed by atoms with Crippen LogP contribution in [0.4, 0.5) is 0 Å². The molecule has 0 N–H and O–H groups in total. The van der Waals surface area contributed by atoms with Crippen molar-refractivity contribution in [3.05, 3.63) is 210 Å². The van der Waals surface area contributed by atoms with Crippen molar-refractivity contribution in [3.8, 4) is 67.9 Å². The standard InChI is InChI=1S/C50H31N3O/c1-3-16-33(17-4-1)47-51-48(34-18-5-2-6-19-34)53-49(52-47)46-36-20-8-7-15-32(36)27-29-37(46)35-28-30-43-45(31-35)54-44-26-14-13-25-42(44)50(43)40-23-11-9-21-38(40)39-22-10-12-24-41(39)50/h1-31H. The molecule has 4 nitrogen and oxygen atoms in total. The van der Waals surface area contributed by atoms with Gasteiger partial charge in [0.2, 0.25) is 0 Å². The highest BCUT2D eigenvalue weighted by molar-refractivity contribution is 6.03. The van der Waals surface area contributed by atoms with Crippen LogP contribution in [0.2, 0.25) is 0 Å². The molecule has 0 bridgehead atoms. The summed E-state index contributed by atoms with van der Waals surface area (Å²) in [5, 5.41) is 2.18. The van der Waals surface area contributed by atoms with E-state index in [9.17, 15) is 0 Å². The predicted octanol–water partition coefficient (Wildman–Crippen LogP) is 12.2. The molecule has 2 aliphatic rings. The van der Waals surface area contributed by atoms with Gasteiger partial charge in [0.25, 0.3) is 0 Å². The molecule has 0 saturated heterocycles. The van der Waals surface area contributed by atoms with E-state index in [4.69, 9.17) is 19.7 Å². The highest BCUT2D eigenvalue weighted by Crippen LogP contribution is 2.62. The second-order valence-corrected chi connectivity index (χ2v) is 13.9. The maximum Gasteiger partial charge on any atom is 0.165 e. The molecule has 0 radical (unpaired) electrons. The lowest BCUT2D eigenvalue weighted by Crippen LogP contribution is -2.32. The van der Waals surface area contributed by atoms with Crippen molar-refractivity contribution in [1.29, 1.82) is 0 Å². The second kappa shape index (κ2) is 11.9. The first-order valence-corrected chi connectivity index (χ1v) is 18.3. The first kappa shape index (κ1) is 30.5. The Labute approximate surface area is 313 Å². The Balaban J connectivity index is 1.17. The average molecular weight is 690 g/mol. The number of aromatic nitrogens is 3. The first-order chi connectivity index (χ1) is 26.8. The molecule has 0 atom stereocenters. The van der Waals surface area contributed by atoms with Crippen molar-refractivity contribution in [2.45, 2.75) is 5.41 Å². The van der Waals surface area contributed by atoms with E-state index in [1.165, 1.54) is 22.3 Å². The number of hydrogen-bond donors (Lipinski definition) is 0. The van der Waals surface area contributed by atoms with Gasteiger partial charge in [-0.1, -0.05) is 176 Å². The van der Waals surface area contributed by atoms with Gasteiger partial charge >= 0.3 is 0 Å². The molecule has 9 aromatic rings. The van der Waals surface area contributed by atoms with Gasteiger partial charge in [-0.2, -0.15) is 0 Å². The minimum Gasteiger partial charge on any atom is -0.457 e. The Bertz CT molecular complexity index is 2820. The van der Waals surface area contributed by atoms with Crippen LogP contribution in [0.3, 0.4) is 0 Å². The number of nitrogens with zero attached hydrogens (tertiary/aromatic N) is 3. The molecule has 54 heavy (non-hydrogen) atoms. The number of rotatable bonds is 4. The van der Waals surface area contributed by atoms with E-state index < -0.39 is 5.41 Å². The van der Waals surface area contributed by atoms with Crippen LogP contribution in [0.15, 0.2) is 188 Å². The third-order valence-electron chi connectivity index (χ3n) is 11.0. The van der Waals surface area contributed by atoms with Crippen molar-refractivity contribution >= 4 is 10.8 Å². The Morgan fingerprint density at radius 3 is 1.57 bits per heavy atom. The average Bonchev–Trinajstić information content (AvgIpc) is 3.54. The van der Waals surface area contributed by atoms with Crippen molar-refractivity contribution in [3.63, 3.8) is 0 Å². The zero-order chi connectivity index (χ0) is 35.6. The molecule has 11 rings (SSSR count). The zero-order valence-corrected chi connectivity index (χ0v) is 29.1. The number of benzene rings is 8. The highest BCUT2D eigenvalue weighted by Gasteiger charge is 2.50. The molecule has 4 heteroatoms. The van der Waals surface area contributed by atoms with Crippen LogP contribution in [0.25, 0.3) is 67.2 Å². The van der Waals surface area contributed by atoms with Crippen LogP contribution in [0, 0.1) is 0 Å². The normalized spacial score (nSPS) is 13.1. The zero-order valence-electron chi connectivity index (χ0n) is 29.1. The topological polar surface area (TPSA) is 47.9 Å². The summed E-state index contributed by atoms with van der Waals surface area (Å²) in [6.45, 7) is 0. The highest BCUT2D eigenvalue weighted by atomic mass is 16.5. The van der Waals surface area contributed by atoms with Gasteiger partial charge in [-0.25, -0.2) is 15.0 Å². The molecule has 8 aromatic carbocycles. The number of fused-ring (bicyclic) bond motifs is 10. The summed E-state index contributed by atoms with van der Waals surface area (Å²) in [4.78, 5) is 15.4. The number of ether oxygens (including phenoxy) is 1. The van der Waals surface area contributed by atoms with Crippen LogP contribution in [-0.2, 0) is 5.41 Å². The number of para-hydroxylation sites is 1. The molecular weight excluding hydrogens is 659 g/mol. The minimum absolute atomic E-state index is 0.522. The summed E-state index contributed by atoms with van der Waals surface area (Å²) in [5.74, 6) is 3.58. The van der Waals surface area contributed by atoms with Gasteiger partial charge in [-0.05, 0) is 56.3 Å². The maximum atomic E-state index is 6.90. The lowest BCUT2D eigenvalue weighted by Gasteiger charge is -2.39. The fourth-order valence-electron chi connectivity index (χ4n) is 8.70.